The Balaban J connectivity index is 1.78. The number of thioether (sulfide) groups is 1. The molecular weight excluding hydrogens is 292 g/mol. The lowest BCUT2D eigenvalue weighted by molar-refractivity contribution is 0.244. The van der Waals surface area contributed by atoms with Crippen LogP contribution in [-0.4, -0.2) is 27.5 Å². The van der Waals surface area contributed by atoms with E-state index in [1.54, 1.807) is 11.8 Å². The average molecular weight is 314 g/mol. The summed E-state index contributed by atoms with van der Waals surface area (Å²) in [5.41, 5.74) is 0. The number of amides is 2. The number of carbonyl (C=O) groups excluding carboxylic acids is 1. The van der Waals surface area contributed by atoms with Gasteiger partial charge in [0.1, 0.15) is 0 Å². The molecule has 2 N–H and O–H groups in total. The third-order valence-electron chi connectivity index (χ3n) is 3.44. The molecule has 0 saturated heterocycles. The molecule has 20 heavy (non-hydrogen) atoms. The molecule has 1 aliphatic carbocycles. The number of carbonyl (C=O) groups is 1. The summed E-state index contributed by atoms with van der Waals surface area (Å²) < 4.78 is 0.910. The van der Waals surface area contributed by atoms with Gasteiger partial charge in [0.05, 0.1) is 0 Å². The minimum Gasteiger partial charge on any atom is -0.335 e. The molecule has 1 heterocycles. The molecule has 1 saturated carbocycles. The van der Waals surface area contributed by atoms with Crippen LogP contribution < -0.4 is 10.6 Å². The van der Waals surface area contributed by atoms with Crippen LogP contribution in [0.5, 0.6) is 0 Å². The van der Waals surface area contributed by atoms with Gasteiger partial charge in [0.2, 0.25) is 5.13 Å². The lowest BCUT2D eigenvalue weighted by Gasteiger charge is -2.22. The molecule has 1 aliphatic rings. The number of nitrogens with one attached hydrogen (secondary N) is 2. The van der Waals surface area contributed by atoms with Crippen LogP contribution in [0.1, 0.15) is 52.4 Å². The Labute approximate surface area is 128 Å². The first-order valence-electron chi connectivity index (χ1n) is 7.25. The number of rotatable bonds is 5. The minimum absolute atomic E-state index is 0.159. The number of aromatic nitrogens is 2. The van der Waals surface area contributed by atoms with Gasteiger partial charge >= 0.3 is 6.03 Å². The number of urea groups is 1. The minimum atomic E-state index is -0.159. The molecule has 0 aromatic carbocycles. The molecule has 7 heteroatoms. The summed E-state index contributed by atoms with van der Waals surface area (Å²) in [6.45, 7) is 4.31. The van der Waals surface area contributed by atoms with Gasteiger partial charge in [-0.3, -0.25) is 5.32 Å². The fourth-order valence-electron chi connectivity index (χ4n) is 2.13. The standard InChI is InChI=1S/C13H22N4OS2/c1-3-9(2)19-13-17-16-12(20-13)15-11(18)14-10-7-5-4-6-8-10/h9-10H,3-8H2,1-2H3,(H2,14,15,16,18)/t9-/m0/s1. The second-order valence-corrected chi connectivity index (χ2v) is 7.81. The van der Waals surface area contributed by atoms with Crippen LogP contribution in [0.15, 0.2) is 4.34 Å². The topological polar surface area (TPSA) is 66.9 Å². The first kappa shape index (κ1) is 15.6. The van der Waals surface area contributed by atoms with Crippen molar-refractivity contribution in [3.63, 3.8) is 0 Å². The largest absolute Gasteiger partial charge is 0.335 e. The van der Waals surface area contributed by atoms with Gasteiger partial charge < -0.3 is 5.32 Å². The molecule has 1 fully saturated rings. The summed E-state index contributed by atoms with van der Waals surface area (Å²) in [4.78, 5) is 11.9. The van der Waals surface area contributed by atoms with E-state index in [1.807, 2.05) is 0 Å². The maximum atomic E-state index is 11.9. The van der Waals surface area contributed by atoms with Crippen LogP contribution in [-0.2, 0) is 0 Å². The van der Waals surface area contributed by atoms with E-state index in [2.05, 4.69) is 34.7 Å². The molecule has 2 rings (SSSR count). The normalized spacial score (nSPS) is 17.7. The van der Waals surface area contributed by atoms with Gasteiger partial charge in [-0.1, -0.05) is 56.2 Å². The molecular formula is C13H22N4OS2. The fraction of sp³-hybridized carbons (Fsp3) is 0.769. The Bertz CT molecular complexity index is 432. The molecule has 5 nitrogen and oxygen atoms in total. The van der Waals surface area contributed by atoms with Crippen LogP contribution in [0.3, 0.4) is 0 Å². The third-order valence-corrected chi connectivity index (χ3v) is 5.64. The maximum absolute atomic E-state index is 11.9. The van der Waals surface area contributed by atoms with E-state index in [0.717, 1.165) is 23.6 Å². The van der Waals surface area contributed by atoms with Gasteiger partial charge in [0.25, 0.3) is 0 Å². The highest BCUT2D eigenvalue weighted by molar-refractivity contribution is 8.01. The first-order valence-corrected chi connectivity index (χ1v) is 8.94. The van der Waals surface area contributed by atoms with E-state index in [0.29, 0.717) is 16.4 Å². The van der Waals surface area contributed by atoms with Crippen LogP contribution >= 0.6 is 23.1 Å². The quantitative estimate of drug-likeness (QED) is 0.639. The average Bonchev–Trinajstić information content (AvgIpc) is 2.86. The first-order chi connectivity index (χ1) is 9.67. The Hall–Kier alpha value is -0.820. The van der Waals surface area contributed by atoms with E-state index < -0.39 is 0 Å². The fourth-order valence-corrected chi connectivity index (χ4v) is 4.12. The van der Waals surface area contributed by atoms with Gasteiger partial charge in [-0.15, -0.1) is 10.2 Å². The lowest BCUT2D eigenvalue weighted by Crippen LogP contribution is -2.38. The van der Waals surface area contributed by atoms with E-state index in [1.165, 1.54) is 30.6 Å². The smallest absolute Gasteiger partial charge is 0.321 e. The highest BCUT2D eigenvalue weighted by Gasteiger charge is 2.16. The third kappa shape index (κ3) is 4.94. The van der Waals surface area contributed by atoms with Gasteiger partial charge in [0, 0.05) is 11.3 Å². The number of nitrogens with zero attached hydrogens (tertiary/aromatic N) is 2. The Morgan fingerprint density at radius 2 is 2.15 bits per heavy atom. The second-order valence-electron chi connectivity index (χ2n) is 5.14. The van der Waals surface area contributed by atoms with Crippen molar-refractivity contribution in [2.45, 2.75) is 68.0 Å². The van der Waals surface area contributed by atoms with Crippen molar-refractivity contribution < 1.29 is 4.79 Å². The molecule has 0 spiro atoms. The van der Waals surface area contributed by atoms with Crippen molar-refractivity contribution in [2.75, 3.05) is 5.32 Å². The zero-order valence-corrected chi connectivity index (χ0v) is 13.6. The van der Waals surface area contributed by atoms with Crippen LogP contribution in [0.25, 0.3) is 0 Å². The highest BCUT2D eigenvalue weighted by atomic mass is 32.2. The second kappa shape index (κ2) is 7.83. The predicted octanol–water partition coefficient (Wildman–Crippen LogP) is 3.88. The summed E-state index contributed by atoms with van der Waals surface area (Å²) in [5, 5.41) is 15.0. The van der Waals surface area contributed by atoms with Crippen molar-refractivity contribution in [3.8, 4) is 0 Å². The maximum Gasteiger partial charge on any atom is 0.321 e. The summed E-state index contributed by atoms with van der Waals surface area (Å²) in [5.74, 6) is 0. The number of hydrogen-bond donors (Lipinski definition) is 2. The van der Waals surface area contributed by atoms with Crippen LogP contribution in [0, 0.1) is 0 Å². The highest BCUT2D eigenvalue weighted by Crippen LogP contribution is 2.29. The molecule has 0 bridgehead atoms. The zero-order valence-electron chi connectivity index (χ0n) is 12.0. The van der Waals surface area contributed by atoms with Crippen LogP contribution in [0.2, 0.25) is 0 Å². The molecule has 0 radical (unpaired) electrons. The van der Waals surface area contributed by atoms with E-state index in [-0.39, 0.29) is 6.03 Å². The van der Waals surface area contributed by atoms with E-state index in [9.17, 15) is 4.79 Å². The van der Waals surface area contributed by atoms with Gasteiger partial charge in [0.15, 0.2) is 4.34 Å². The summed E-state index contributed by atoms with van der Waals surface area (Å²) in [7, 11) is 0. The molecule has 1 aromatic heterocycles. The van der Waals surface area contributed by atoms with Crippen molar-refractivity contribution in [1.82, 2.24) is 15.5 Å². The van der Waals surface area contributed by atoms with Crippen molar-refractivity contribution in [1.29, 1.82) is 0 Å². The zero-order chi connectivity index (χ0) is 14.4. The molecule has 0 unspecified atom stereocenters. The van der Waals surface area contributed by atoms with Gasteiger partial charge in [-0.25, -0.2) is 4.79 Å². The van der Waals surface area contributed by atoms with Crippen molar-refractivity contribution in [3.05, 3.63) is 0 Å². The van der Waals surface area contributed by atoms with Crippen LogP contribution in [0.4, 0.5) is 9.93 Å². The SMILES string of the molecule is CC[C@H](C)Sc1nnc(NC(=O)NC2CCCCC2)s1. The Kier molecular flexibility index (Phi) is 6.09. The predicted molar refractivity (Wildman–Crippen MR) is 84.5 cm³/mol. The Morgan fingerprint density at radius 1 is 1.40 bits per heavy atom. The van der Waals surface area contributed by atoms with E-state index >= 15 is 0 Å². The molecule has 1 aromatic rings. The summed E-state index contributed by atoms with van der Waals surface area (Å²) >= 11 is 3.14. The lowest BCUT2D eigenvalue weighted by atomic mass is 9.96. The molecule has 112 valence electrons. The summed E-state index contributed by atoms with van der Waals surface area (Å²) in [6.07, 6.45) is 6.96. The summed E-state index contributed by atoms with van der Waals surface area (Å²) in [6, 6.07) is 0.152. The Morgan fingerprint density at radius 3 is 2.85 bits per heavy atom. The monoisotopic (exact) mass is 314 g/mol. The van der Waals surface area contributed by atoms with E-state index in [4.69, 9.17) is 0 Å². The molecule has 2 amide bonds. The molecule has 0 aliphatic heterocycles. The number of hydrogen-bond acceptors (Lipinski definition) is 5. The van der Waals surface area contributed by atoms with Gasteiger partial charge in [-0.2, -0.15) is 0 Å². The van der Waals surface area contributed by atoms with Crippen molar-refractivity contribution in [2.24, 2.45) is 0 Å². The van der Waals surface area contributed by atoms with Gasteiger partial charge in [-0.05, 0) is 19.3 Å². The number of anilines is 1. The molecule has 1 atom stereocenters. The van der Waals surface area contributed by atoms with Crippen molar-refractivity contribution >= 4 is 34.3 Å².